The maximum Gasteiger partial charge on any atom is 0.227 e. The lowest BCUT2D eigenvalue weighted by Crippen LogP contribution is -2.56. The quantitative estimate of drug-likeness (QED) is 0.739. The molecule has 2 aliphatic heterocycles. The zero-order valence-electron chi connectivity index (χ0n) is 17.5. The Morgan fingerprint density at radius 1 is 1.34 bits per heavy atom. The number of oxazole rings is 1. The van der Waals surface area contributed by atoms with Crippen LogP contribution in [-0.2, 0) is 17.8 Å². The zero-order valence-corrected chi connectivity index (χ0v) is 17.5. The molecule has 1 spiro atoms. The van der Waals surface area contributed by atoms with E-state index in [1.54, 1.807) is 12.5 Å². The minimum Gasteiger partial charge on any atom is -0.448 e. The molecular formula is C23H30FN3O2. The van der Waals surface area contributed by atoms with Crippen LogP contribution in [0.4, 0.5) is 10.1 Å². The first-order valence-corrected chi connectivity index (χ1v) is 10.6. The van der Waals surface area contributed by atoms with Crippen LogP contribution in [0.2, 0.25) is 0 Å². The number of likely N-dealkylation sites (tertiary alicyclic amines) is 1. The number of hydrogen-bond acceptors (Lipinski definition) is 4. The van der Waals surface area contributed by atoms with Gasteiger partial charge in [0.25, 0.3) is 0 Å². The van der Waals surface area contributed by atoms with Crippen LogP contribution in [-0.4, -0.2) is 33.9 Å². The van der Waals surface area contributed by atoms with Crippen LogP contribution >= 0.6 is 0 Å². The van der Waals surface area contributed by atoms with Gasteiger partial charge in [0.2, 0.25) is 5.91 Å². The van der Waals surface area contributed by atoms with Gasteiger partial charge in [-0.2, -0.15) is 0 Å². The molecule has 0 aliphatic carbocycles. The number of carbonyl (C=O) groups is 1. The van der Waals surface area contributed by atoms with E-state index in [4.69, 9.17) is 4.42 Å². The summed E-state index contributed by atoms with van der Waals surface area (Å²) in [5, 5.41) is 0. The van der Waals surface area contributed by atoms with Gasteiger partial charge in [-0.15, -0.1) is 0 Å². The van der Waals surface area contributed by atoms with Crippen molar-refractivity contribution in [1.29, 1.82) is 0 Å². The van der Waals surface area contributed by atoms with Gasteiger partial charge in [-0.1, -0.05) is 19.9 Å². The van der Waals surface area contributed by atoms with Crippen molar-refractivity contribution >= 4 is 11.6 Å². The zero-order chi connectivity index (χ0) is 20.6. The van der Waals surface area contributed by atoms with E-state index in [0.29, 0.717) is 24.1 Å². The lowest BCUT2D eigenvalue weighted by molar-refractivity contribution is -0.117. The molecule has 0 bridgehead atoms. The fourth-order valence-electron chi connectivity index (χ4n) is 5.03. The summed E-state index contributed by atoms with van der Waals surface area (Å²) in [4.78, 5) is 21.5. The van der Waals surface area contributed by atoms with E-state index in [2.05, 4.69) is 30.7 Å². The number of aromatic nitrogens is 1. The van der Waals surface area contributed by atoms with Gasteiger partial charge in [0.1, 0.15) is 11.6 Å². The van der Waals surface area contributed by atoms with Crippen LogP contribution in [0.1, 0.15) is 57.9 Å². The van der Waals surface area contributed by atoms with E-state index in [1.165, 1.54) is 12.1 Å². The van der Waals surface area contributed by atoms with Gasteiger partial charge in [0.15, 0.2) is 6.39 Å². The number of carbonyl (C=O) groups excluding carboxylic acids is 1. The molecule has 4 rings (SSSR count). The highest BCUT2D eigenvalue weighted by Crippen LogP contribution is 2.44. The summed E-state index contributed by atoms with van der Waals surface area (Å²) in [6.07, 6.45) is 5.57. The Bertz CT molecular complexity index is 881. The maximum atomic E-state index is 13.8. The SMILES string of the molecule is CC(C)Cc1ocnc1CN1CC[C@]2(CCC(=O)N2c2cccc(F)c2)C[C@@H]1C. The highest BCUT2D eigenvalue weighted by atomic mass is 19.1. The Hall–Kier alpha value is -2.21. The van der Waals surface area contributed by atoms with Crippen LogP contribution in [0.5, 0.6) is 0 Å². The fourth-order valence-corrected chi connectivity index (χ4v) is 5.03. The summed E-state index contributed by atoms with van der Waals surface area (Å²) in [6.45, 7) is 8.23. The molecule has 0 radical (unpaired) electrons. The van der Waals surface area contributed by atoms with Gasteiger partial charge < -0.3 is 9.32 Å². The van der Waals surface area contributed by atoms with Gasteiger partial charge in [-0.3, -0.25) is 9.69 Å². The van der Waals surface area contributed by atoms with Crippen LogP contribution in [0.3, 0.4) is 0 Å². The second-order valence-electron chi connectivity index (χ2n) is 9.03. The van der Waals surface area contributed by atoms with Gasteiger partial charge >= 0.3 is 0 Å². The Morgan fingerprint density at radius 3 is 2.90 bits per heavy atom. The van der Waals surface area contributed by atoms with E-state index in [1.807, 2.05) is 11.0 Å². The summed E-state index contributed by atoms with van der Waals surface area (Å²) < 4.78 is 19.4. The van der Waals surface area contributed by atoms with Crippen molar-refractivity contribution in [3.8, 4) is 0 Å². The van der Waals surface area contributed by atoms with Gasteiger partial charge in [-0.25, -0.2) is 9.37 Å². The van der Waals surface area contributed by atoms with Gasteiger partial charge in [0, 0.05) is 37.7 Å². The van der Waals surface area contributed by atoms with E-state index < -0.39 is 0 Å². The highest BCUT2D eigenvalue weighted by Gasteiger charge is 2.49. The van der Waals surface area contributed by atoms with Gasteiger partial charge in [-0.05, 0) is 50.3 Å². The van der Waals surface area contributed by atoms with Crippen LogP contribution in [0.25, 0.3) is 0 Å². The van der Waals surface area contributed by atoms with E-state index >= 15 is 0 Å². The molecule has 1 amide bonds. The molecule has 156 valence electrons. The van der Waals surface area contributed by atoms with Crippen molar-refractivity contribution in [2.75, 3.05) is 11.4 Å². The summed E-state index contributed by atoms with van der Waals surface area (Å²) in [6, 6.07) is 6.74. The number of rotatable bonds is 5. The molecule has 2 saturated heterocycles. The molecule has 2 aliphatic rings. The molecule has 2 aromatic rings. The lowest BCUT2D eigenvalue weighted by atomic mass is 9.81. The largest absolute Gasteiger partial charge is 0.448 e. The van der Waals surface area contributed by atoms with Crippen molar-refractivity contribution in [3.63, 3.8) is 0 Å². The van der Waals surface area contributed by atoms with Crippen LogP contribution in [0, 0.1) is 11.7 Å². The molecule has 5 nitrogen and oxygen atoms in total. The van der Waals surface area contributed by atoms with Crippen molar-refractivity contribution in [1.82, 2.24) is 9.88 Å². The normalized spacial score (nSPS) is 25.5. The predicted molar refractivity (Wildman–Crippen MR) is 110 cm³/mol. The van der Waals surface area contributed by atoms with Crippen molar-refractivity contribution < 1.29 is 13.6 Å². The Balaban J connectivity index is 1.51. The summed E-state index contributed by atoms with van der Waals surface area (Å²) in [7, 11) is 0. The minimum atomic E-state index is -0.299. The second-order valence-corrected chi connectivity index (χ2v) is 9.03. The van der Waals surface area contributed by atoms with E-state index in [0.717, 1.165) is 50.2 Å². The van der Waals surface area contributed by atoms with Gasteiger partial charge in [0.05, 0.1) is 11.2 Å². The van der Waals surface area contributed by atoms with Crippen LogP contribution in [0.15, 0.2) is 35.1 Å². The number of amides is 1. The average molecular weight is 400 g/mol. The molecule has 0 unspecified atom stereocenters. The molecule has 3 heterocycles. The molecule has 6 heteroatoms. The standard InChI is InChI=1S/C23H30FN3O2/c1-16(2)11-21-20(25-15-29-21)14-26-10-9-23(13-17(26)3)8-7-22(28)27(23)19-6-4-5-18(24)12-19/h4-6,12,15-17H,7-11,13-14H2,1-3H3/t17-,23+/m0/s1. The summed E-state index contributed by atoms with van der Waals surface area (Å²) >= 11 is 0. The number of halogens is 1. The second kappa shape index (κ2) is 7.90. The predicted octanol–water partition coefficient (Wildman–Crippen LogP) is 4.56. The number of anilines is 1. The van der Waals surface area contributed by atoms with Crippen molar-refractivity contribution in [3.05, 3.63) is 47.9 Å². The molecule has 1 aromatic heterocycles. The first-order chi connectivity index (χ1) is 13.9. The lowest BCUT2D eigenvalue weighted by Gasteiger charge is -2.48. The summed E-state index contributed by atoms with van der Waals surface area (Å²) in [5.74, 6) is 1.30. The minimum absolute atomic E-state index is 0.104. The molecule has 2 atom stereocenters. The Kier molecular flexibility index (Phi) is 5.47. The third-order valence-corrected chi connectivity index (χ3v) is 6.43. The molecular weight excluding hydrogens is 369 g/mol. The smallest absolute Gasteiger partial charge is 0.227 e. The monoisotopic (exact) mass is 399 g/mol. The molecule has 29 heavy (non-hydrogen) atoms. The topological polar surface area (TPSA) is 49.6 Å². The molecule has 0 N–H and O–H groups in total. The molecule has 1 aromatic carbocycles. The molecule has 2 fully saturated rings. The third kappa shape index (κ3) is 3.95. The van der Waals surface area contributed by atoms with E-state index in [-0.39, 0.29) is 17.3 Å². The Morgan fingerprint density at radius 2 is 2.17 bits per heavy atom. The van der Waals surface area contributed by atoms with Crippen LogP contribution < -0.4 is 4.90 Å². The number of piperidine rings is 1. The van der Waals surface area contributed by atoms with Crippen molar-refractivity contribution in [2.45, 2.75) is 71.0 Å². The number of benzene rings is 1. The first-order valence-electron chi connectivity index (χ1n) is 10.6. The highest BCUT2D eigenvalue weighted by molar-refractivity contribution is 5.97. The summed E-state index contributed by atoms with van der Waals surface area (Å²) in [5.41, 5.74) is 1.49. The van der Waals surface area contributed by atoms with Crippen molar-refractivity contribution in [2.24, 2.45) is 5.92 Å². The first kappa shape index (κ1) is 20.1. The molecule has 0 saturated carbocycles. The maximum absolute atomic E-state index is 13.8. The van der Waals surface area contributed by atoms with E-state index in [9.17, 15) is 9.18 Å². The number of hydrogen-bond donors (Lipinski definition) is 0. The average Bonchev–Trinajstić information content (AvgIpc) is 3.21. The number of nitrogens with zero attached hydrogens (tertiary/aromatic N) is 3. The fraction of sp³-hybridized carbons (Fsp3) is 0.565. The Labute approximate surface area is 171 Å². The third-order valence-electron chi connectivity index (χ3n) is 6.43.